The molecule has 1 aliphatic rings. The second-order valence-corrected chi connectivity index (χ2v) is 10.7. The van der Waals surface area contributed by atoms with Crippen molar-refractivity contribution in [3.8, 4) is 5.75 Å². The Morgan fingerprint density at radius 3 is 2.71 bits per heavy atom. The third-order valence-electron chi connectivity index (χ3n) is 7.25. The minimum atomic E-state index is -0.779. The van der Waals surface area contributed by atoms with Crippen molar-refractivity contribution in [3.05, 3.63) is 86.6 Å². The molecule has 0 bridgehead atoms. The summed E-state index contributed by atoms with van der Waals surface area (Å²) in [6.45, 7) is 4.39. The molecular weight excluding hydrogens is 548 g/mol. The molecule has 0 unspecified atom stereocenters. The fraction of sp³-hybridized carbons (Fsp3) is 0.310. The van der Waals surface area contributed by atoms with Gasteiger partial charge in [0.05, 0.1) is 6.54 Å². The minimum absolute atomic E-state index is 0.0759. The third kappa shape index (κ3) is 5.71. The van der Waals surface area contributed by atoms with Gasteiger partial charge in [0, 0.05) is 59.8 Å². The maximum atomic E-state index is 13.6. The number of nitrogens with zero attached hydrogens (tertiary/aromatic N) is 4. The number of halogens is 1. The topological polar surface area (TPSA) is 150 Å². The number of amides is 2. The lowest BCUT2D eigenvalue weighted by Crippen LogP contribution is -2.46. The highest BCUT2D eigenvalue weighted by atomic mass is 35.5. The quantitative estimate of drug-likeness (QED) is 0.259. The number of fused-ring (bicyclic) bond motifs is 2. The van der Waals surface area contributed by atoms with Crippen molar-refractivity contribution in [2.75, 3.05) is 6.54 Å². The maximum Gasteiger partial charge on any atom is 0.274 e. The lowest BCUT2D eigenvalue weighted by atomic mass is 9.92. The molecule has 0 spiro atoms. The summed E-state index contributed by atoms with van der Waals surface area (Å²) < 4.78 is 1.57. The van der Waals surface area contributed by atoms with Crippen LogP contribution in [0, 0.1) is 5.92 Å². The standard InChI is InChI=1S/C29H29ClN6O5/c1-16(2)35-9-10-36-20(14-23(38)26(39)25(36)29(35)41)15-32-28(40)18(11-17-5-3-6-19(30)12-17)13-22(37)24-21-7-4-8-31-27(21)34-33-24/h3-8,12,14,16,18,39H,9-11,13,15H2,1-2H3,(H,32,40)(H,31,33,34)/t18-/m0/s1. The number of rotatable bonds is 9. The molecule has 2 amide bonds. The highest BCUT2D eigenvalue weighted by Gasteiger charge is 2.32. The van der Waals surface area contributed by atoms with Crippen LogP contribution in [0.5, 0.6) is 5.75 Å². The first kappa shape index (κ1) is 28.0. The number of H-pyrrole nitrogens is 1. The van der Waals surface area contributed by atoms with Crippen LogP contribution in [0.25, 0.3) is 11.0 Å². The van der Waals surface area contributed by atoms with E-state index in [4.69, 9.17) is 11.6 Å². The molecular formula is C29H29ClN6O5. The molecule has 0 radical (unpaired) electrons. The summed E-state index contributed by atoms with van der Waals surface area (Å²) in [5.41, 5.74) is 1.03. The Morgan fingerprint density at radius 1 is 1.15 bits per heavy atom. The van der Waals surface area contributed by atoms with Crippen LogP contribution in [0.2, 0.25) is 5.02 Å². The lowest BCUT2D eigenvalue weighted by Gasteiger charge is -2.34. The fourth-order valence-corrected chi connectivity index (χ4v) is 5.37. The number of benzene rings is 1. The summed E-state index contributed by atoms with van der Waals surface area (Å²) in [5.74, 6) is -2.55. The number of aromatic nitrogens is 4. The molecule has 1 atom stereocenters. The first-order valence-electron chi connectivity index (χ1n) is 13.2. The number of pyridine rings is 2. The molecule has 1 aliphatic heterocycles. The Labute approximate surface area is 240 Å². The van der Waals surface area contributed by atoms with E-state index in [1.54, 1.807) is 46.0 Å². The first-order valence-corrected chi connectivity index (χ1v) is 13.6. The van der Waals surface area contributed by atoms with Gasteiger partial charge >= 0.3 is 0 Å². The number of carbonyl (C=O) groups is 3. The van der Waals surface area contributed by atoms with Gasteiger partial charge < -0.3 is 19.9 Å². The van der Waals surface area contributed by atoms with Crippen molar-refractivity contribution >= 4 is 40.2 Å². The highest BCUT2D eigenvalue weighted by molar-refractivity contribution is 6.30. The number of hydrogen-bond acceptors (Lipinski definition) is 7. The van der Waals surface area contributed by atoms with E-state index in [9.17, 15) is 24.3 Å². The predicted octanol–water partition coefficient (Wildman–Crippen LogP) is 3.09. The number of ketones is 1. The van der Waals surface area contributed by atoms with E-state index < -0.39 is 28.9 Å². The number of Topliss-reactive ketones (excluding diaryl/α,β-unsaturated/α-hetero) is 1. The second-order valence-electron chi connectivity index (χ2n) is 10.3. The van der Waals surface area contributed by atoms with Crippen LogP contribution >= 0.6 is 11.6 Å². The third-order valence-corrected chi connectivity index (χ3v) is 7.48. The van der Waals surface area contributed by atoms with Crippen LogP contribution in [0.4, 0.5) is 0 Å². The van der Waals surface area contributed by atoms with E-state index >= 15 is 0 Å². The summed E-state index contributed by atoms with van der Waals surface area (Å²) >= 11 is 6.17. The van der Waals surface area contributed by atoms with E-state index in [0.29, 0.717) is 34.8 Å². The predicted molar refractivity (Wildman–Crippen MR) is 152 cm³/mol. The van der Waals surface area contributed by atoms with Crippen molar-refractivity contribution in [2.45, 2.75) is 45.8 Å². The molecule has 3 aromatic heterocycles. The largest absolute Gasteiger partial charge is 0.503 e. The Hall–Kier alpha value is -4.51. The van der Waals surface area contributed by atoms with Gasteiger partial charge in [0.25, 0.3) is 5.91 Å². The molecule has 0 saturated carbocycles. The lowest BCUT2D eigenvalue weighted by molar-refractivity contribution is -0.125. The molecule has 3 N–H and O–H groups in total. The Balaban J connectivity index is 1.40. The van der Waals surface area contributed by atoms with Gasteiger partial charge in [0.1, 0.15) is 5.69 Å². The summed E-state index contributed by atoms with van der Waals surface area (Å²) in [5, 5.41) is 21.2. The number of nitrogens with one attached hydrogen (secondary N) is 2. The Bertz CT molecular complexity index is 1710. The molecule has 11 nitrogen and oxygen atoms in total. The van der Waals surface area contributed by atoms with Gasteiger partial charge in [-0.25, -0.2) is 4.98 Å². The maximum absolute atomic E-state index is 13.6. The van der Waals surface area contributed by atoms with E-state index in [0.717, 1.165) is 5.56 Å². The molecule has 5 rings (SSSR count). The number of hydrogen-bond donors (Lipinski definition) is 3. The first-order chi connectivity index (χ1) is 19.6. The zero-order valence-corrected chi connectivity index (χ0v) is 23.3. The summed E-state index contributed by atoms with van der Waals surface area (Å²) in [6, 6.07) is 11.6. The Morgan fingerprint density at radius 2 is 1.95 bits per heavy atom. The van der Waals surface area contributed by atoms with Crippen molar-refractivity contribution in [1.29, 1.82) is 0 Å². The smallest absolute Gasteiger partial charge is 0.274 e. The average Bonchev–Trinajstić information content (AvgIpc) is 3.38. The monoisotopic (exact) mass is 576 g/mol. The van der Waals surface area contributed by atoms with Crippen LogP contribution in [0.15, 0.2) is 53.5 Å². The zero-order valence-electron chi connectivity index (χ0n) is 22.6. The van der Waals surface area contributed by atoms with E-state index in [1.807, 2.05) is 19.9 Å². The summed E-state index contributed by atoms with van der Waals surface area (Å²) in [7, 11) is 0. The molecule has 0 fully saturated rings. The highest BCUT2D eigenvalue weighted by Crippen LogP contribution is 2.24. The van der Waals surface area contributed by atoms with Gasteiger partial charge in [0.15, 0.2) is 22.9 Å². The van der Waals surface area contributed by atoms with Crippen molar-refractivity contribution < 1.29 is 19.5 Å². The normalized spacial score (nSPS) is 13.9. The average molecular weight is 577 g/mol. The van der Waals surface area contributed by atoms with Crippen molar-refractivity contribution in [2.24, 2.45) is 5.92 Å². The number of aromatic hydroxyl groups is 1. The van der Waals surface area contributed by atoms with E-state index in [-0.39, 0.29) is 42.6 Å². The fourth-order valence-electron chi connectivity index (χ4n) is 5.16. The van der Waals surface area contributed by atoms with E-state index in [2.05, 4.69) is 20.5 Å². The van der Waals surface area contributed by atoms with Gasteiger partial charge in [-0.15, -0.1) is 0 Å². The molecule has 212 valence electrons. The van der Waals surface area contributed by atoms with Crippen LogP contribution in [-0.4, -0.2) is 59.9 Å². The number of aromatic amines is 1. The second kappa shape index (κ2) is 11.5. The molecule has 41 heavy (non-hydrogen) atoms. The van der Waals surface area contributed by atoms with Crippen LogP contribution in [0.1, 0.15) is 52.5 Å². The van der Waals surface area contributed by atoms with Gasteiger partial charge in [-0.05, 0) is 50.1 Å². The van der Waals surface area contributed by atoms with Gasteiger partial charge in [-0.1, -0.05) is 23.7 Å². The molecule has 4 heterocycles. The summed E-state index contributed by atoms with van der Waals surface area (Å²) in [6.07, 6.45) is 1.69. The van der Waals surface area contributed by atoms with Gasteiger partial charge in [-0.2, -0.15) is 5.10 Å². The molecule has 1 aromatic carbocycles. The SMILES string of the molecule is CC(C)N1CCn2c(CNC(=O)[C@H](CC(=O)c3[nH]nc4ncccc34)Cc3cccc(Cl)c3)cc(=O)c(O)c2C1=O. The Kier molecular flexibility index (Phi) is 7.89. The van der Waals surface area contributed by atoms with Crippen molar-refractivity contribution in [3.63, 3.8) is 0 Å². The molecule has 0 saturated heterocycles. The zero-order chi connectivity index (χ0) is 29.3. The minimum Gasteiger partial charge on any atom is -0.503 e. The number of carbonyl (C=O) groups excluding carboxylic acids is 3. The summed E-state index contributed by atoms with van der Waals surface area (Å²) in [4.78, 5) is 58.2. The van der Waals surface area contributed by atoms with Crippen LogP contribution in [0.3, 0.4) is 0 Å². The van der Waals surface area contributed by atoms with Gasteiger partial charge in [0.2, 0.25) is 11.3 Å². The molecule has 4 aromatic rings. The molecule has 12 heteroatoms. The van der Waals surface area contributed by atoms with Gasteiger partial charge in [-0.3, -0.25) is 24.3 Å². The van der Waals surface area contributed by atoms with Crippen LogP contribution < -0.4 is 10.7 Å². The molecule has 0 aliphatic carbocycles. The van der Waals surface area contributed by atoms with Crippen molar-refractivity contribution in [1.82, 2.24) is 30.0 Å². The van der Waals surface area contributed by atoms with Crippen LogP contribution in [-0.2, 0) is 24.3 Å². The van der Waals surface area contributed by atoms with E-state index in [1.165, 1.54) is 6.07 Å².